The van der Waals surface area contributed by atoms with Crippen molar-refractivity contribution in [3.8, 4) is 11.4 Å². The van der Waals surface area contributed by atoms with Crippen molar-refractivity contribution in [3.63, 3.8) is 0 Å². The highest BCUT2D eigenvalue weighted by Crippen LogP contribution is 2.48. The summed E-state index contributed by atoms with van der Waals surface area (Å²) in [7, 11) is -1.68. The third-order valence-corrected chi connectivity index (χ3v) is 11.0. The molecule has 0 unspecified atom stereocenters. The number of anilines is 1. The fraction of sp³-hybridized carbons (Fsp3) is 0.452. The second-order valence-electron chi connectivity index (χ2n) is 11.8. The Labute approximate surface area is 235 Å². The summed E-state index contributed by atoms with van der Waals surface area (Å²) in [4.78, 5) is 2.41. The van der Waals surface area contributed by atoms with Gasteiger partial charge in [-0.25, -0.2) is 17.5 Å². The molecule has 210 valence electrons. The molecule has 0 spiro atoms. The van der Waals surface area contributed by atoms with E-state index in [1.54, 1.807) is 28.6 Å². The van der Waals surface area contributed by atoms with E-state index in [0.717, 1.165) is 55.7 Å². The van der Waals surface area contributed by atoms with E-state index < -0.39 is 10.0 Å². The Morgan fingerprint density at radius 3 is 2.67 bits per heavy atom. The Kier molecular flexibility index (Phi) is 6.27. The molecule has 2 atom stereocenters. The topological polar surface area (TPSA) is 67.7 Å². The molecule has 3 aromatic rings. The normalized spacial score (nSPS) is 22.2. The van der Waals surface area contributed by atoms with Gasteiger partial charge in [-0.05, 0) is 73.9 Å². The molecule has 1 aromatic heterocycles. The standard InChI is InChI=1S/C31H35FN4O3S/c1-20-27-17-33-36(25-9-7-24(32)8-10-25)29(27)15-22-5-6-23(31(20)22)19-35(18-21-3-4-21)40(37,38)26-11-12-28-30(16-26)39-14-13-34(28)2/h7-12,16-17,20-21,23H,3-6,13-15,18-19H2,1-2H3/t20-,23+/m0/s1. The zero-order valence-corrected chi connectivity index (χ0v) is 23.8. The van der Waals surface area contributed by atoms with E-state index in [2.05, 4.69) is 16.9 Å². The summed E-state index contributed by atoms with van der Waals surface area (Å²) in [6, 6.07) is 11.8. The van der Waals surface area contributed by atoms with Crippen molar-refractivity contribution in [2.45, 2.75) is 49.8 Å². The minimum absolute atomic E-state index is 0.165. The van der Waals surface area contributed by atoms with E-state index in [0.29, 0.717) is 36.3 Å². The molecule has 7 rings (SSSR count). The van der Waals surface area contributed by atoms with E-state index >= 15 is 0 Å². The van der Waals surface area contributed by atoms with Crippen LogP contribution < -0.4 is 9.64 Å². The number of aromatic nitrogens is 2. The first-order valence-corrected chi connectivity index (χ1v) is 15.8. The number of sulfonamides is 1. The largest absolute Gasteiger partial charge is 0.490 e. The highest BCUT2D eigenvalue weighted by atomic mass is 32.2. The lowest BCUT2D eigenvalue weighted by molar-refractivity contribution is 0.310. The van der Waals surface area contributed by atoms with Crippen molar-refractivity contribution >= 4 is 15.7 Å². The molecule has 1 saturated carbocycles. The van der Waals surface area contributed by atoms with Crippen LogP contribution in [-0.2, 0) is 16.4 Å². The number of fused-ring (bicyclic) bond motifs is 2. The molecule has 3 aliphatic carbocycles. The minimum atomic E-state index is -3.68. The Morgan fingerprint density at radius 1 is 1.10 bits per heavy atom. The number of ether oxygens (including phenoxy) is 1. The number of allylic oxidation sites excluding steroid dienone is 1. The molecule has 1 aliphatic heterocycles. The number of likely N-dealkylation sites (N-methyl/N-ethyl adjacent to an activating group) is 1. The van der Waals surface area contributed by atoms with Gasteiger partial charge in [0.2, 0.25) is 10.0 Å². The number of halogens is 1. The fourth-order valence-corrected chi connectivity index (χ4v) is 8.41. The van der Waals surface area contributed by atoms with E-state index in [9.17, 15) is 12.8 Å². The van der Waals surface area contributed by atoms with Gasteiger partial charge in [0.05, 0.1) is 34.7 Å². The first-order valence-electron chi connectivity index (χ1n) is 14.3. The maximum atomic E-state index is 14.1. The first kappa shape index (κ1) is 25.8. The molecule has 2 heterocycles. The number of rotatable bonds is 7. The summed E-state index contributed by atoms with van der Waals surface area (Å²) in [5, 5.41) is 4.67. The molecule has 0 bridgehead atoms. The van der Waals surface area contributed by atoms with Crippen LogP contribution in [0.15, 0.2) is 64.7 Å². The molecule has 0 N–H and O–H groups in total. The quantitative estimate of drug-likeness (QED) is 0.366. The number of nitrogens with zero attached hydrogens (tertiary/aromatic N) is 4. The van der Waals surface area contributed by atoms with E-state index in [-0.39, 0.29) is 17.7 Å². The van der Waals surface area contributed by atoms with Gasteiger partial charge in [-0.15, -0.1) is 0 Å². The van der Waals surface area contributed by atoms with Crippen molar-refractivity contribution in [2.75, 3.05) is 38.2 Å². The van der Waals surface area contributed by atoms with Gasteiger partial charge in [0.1, 0.15) is 18.2 Å². The minimum Gasteiger partial charge on any atom is -0.490 e. The van der Waals surface area contributed by atoms with Crippen molar-refractivity contribution < 1.29 is 17.5 Å². The van der Waals surface area contributed by atoms with E-state index in [4.69, 9.17) is 4.74 Å². The molecule has 0 amide bonds. The number of hydrogen-bond acceptors (Lipinski definition) is 5. The predicted molar refractivity (Wildman–Crippen MR) is 152 cm³/mol. The van der Waals surface area contributed by atoms with Crippen molar-refractivity contribution in [1.29, 1.82) is 0 Å². The smallest absolute Gasteiger partial charge is 0.243 e. The van der Waals surface area contributed by atoms with E-state index in [1.165, 1.54) is 28.8 Å². The van der Waals surface area contributed by atoms with Crippen LogP contribution in [0.3, 0.4) is 0 Å². The van der Waals surface area contributed by atoms with Gasteiger partial charge < -0.3 is 9.64 Å². The van der Waals surface area contributed by atoms with Crippen LogP contribution in [0, 0.1) is 17.7 Å². The van der Waals surface area contributed by atoms with Gasteiger partial charge in [0.15, 0.2) is 0 Å². The lowest BCUT2D eigenvalue weighted by atomic mass is 9.80. The third kappa shape index (κ3) is 4.43. The molecule has 40 heavy (non-hydrogen) atoms. The second kappa shape index (κ2) is 9.73. The molecular formula is C31H35FN4O3S. The SMILES string of the molecule is C[C@@H]1C2=C(CC[C@@H]2CN(CC2CC2)S(=O)(=O)c2ccc3c(c2)OCCN3C)Cc2c1cnn2-c1ccc(F)cc1. The van der Waals surface area contributed by atoms with E-state index in [1.807, 2.05) is 24.0 Å². The Bertz CT molecular complexity index is 1590. The Morgan fingerprint density at radius 2 is 1.90 bits per heavy atom. The molecule has 9 heteroatoms. The van der Waals surface area contributed by atoms with Crippen molar-refractivity contribution in [3.05, 3.63) is 76.9 Å². The third-order valence-electron chi connectivity index (χ3n) is 9.18. The van der Waals surface area contributed by atoms with Gasteiger partial charge in [0, 0.05) is 44.1 Å². The van der Waals surface area contributed by atoms with Gasteiger partial charge in [0.25, 0.3) is 0 Å². The molecular weight excluding hydrogens is 527 g/mol. The van der Waals surface area contributed by atoms with Gasteiger partial charge in [-0.2, -0.15) is 9.40 Å². The summed E-state index contributed by atoms with van der Waals surface area (Å²) < 4.78 is 51.2. The number of benzene rings is 2. The summed E-state index contributed by atoms with van der Waals surface area (Å²) in [6.45, 7) is 4.63. The number of hydrogen-bond donors (Lipinski definition) is 0. The van der Waals surface area contributed by atoms with Crippen LogP contribution in [0.4, 0.5) is 10.1 Å². The average molecular weight is 563 g/mol. The average Bonchev–Trinajstić information content (AvgIpc) is 3.52. The zero-order chi connectivity index (χ0) is 27.6. The molecule has 1 fully saturated rings. The van der Waals surface area contributed by atoms with Crippen molar-refractivity contribution in [2.24, 2.45) is 11.8 Å². The van der Waals surface area contributed by atoms with Crippen LogP contribution in [0.25, 0.3) is 5.69 Å². The Balaban J connectivity index is 1.17. The van der Waals surface area contributed by atoms with Crippen LogP contribution in [0.2, 0.25) is 0 Å². The summed E-state index contributed by atoms with van der Waals surface area (Å²) >= 11 is 0. The zero-order valence-electron chi connectivity index (χ0n) is 23.0. The van der Waals surface area contributed by atoms with Crippen LogP contribution >= 0.6 is 0 Å². The second-order valence-corrected chi connectivity index (χ2v) is 13.7. The van der Waals surface area contributed by atoms with Gasteiger partial charge in [-0.3, -0.25) is 0 Å². The maximum absolute atomic E-state index is 14.1. The highest BCUT2D eigenvalue weighted by molar-refractivity contribution is 7.89. The predicted octanol–water partition coefficient (Wildman–Crippen LogP) is 5.31. The van der Waals surface area contributed by atoms with Crippen LogP contribution in [0.1, 0.15) is 49.8 Å². The van der Waals surface area contributed by atoms with Gasteiger partial charge in [-0.1, -0.05) is 18.1 Å². The lowest BCUT2D eigenvalue weighted by Crippen LogP contribution is -2.37. The highest BCUT2D eigenvalue weighted by Gasteiger charge is 2.40. The van der Waals surface area contributed by atoms with Crippen LogP contribution in [0.5, 0.6) is 5.75 Å². The summed E-state index contributed by atoms with van der Waals surface area (Å²) in [5.41, 5.74) is 6.91. The monoisotopic (exact) mass is 562 g/mol. The molecule has 7 nitrogen and oxygen atoms in total. The molecule has 0 radical (unpaired) electrons. The molecule has 0 saturated heterocycles. The maximum Gasteiger partial charge on any atom is 0.243 e. The first-order chi connectivity index (χ1) is 19.3. The molecule has 2 aromatic carbocycles. The Hall–Kier alpha value is -3.17. The summed E-state index contributed by atoms with van der Waals surface area (Å²) in [6.07, 6.45) is 6.84. The van der Waals surface area contributed by atoms with Crippen molar-refractivity contribution in [1.82, 2.24) is 14.1 Å². The fourth-order valence-electron chi connectivity index (χ4n) is 6.83. The van der Waals surface area contributed by atoms with Gasteiger partial charge >= 0.3 is 0 Å². The molecule has 4 aliphatic rings. The lowest BCUT2D eigenvalue weighted by Gasteiger charge is -2.31. The van der Waals surface area contributed by atoms with Crippen LogP contribution in [-0.4, -0.2) is 55.8 Å². The summed E-state index contributed by atoms with van der Waals surface area (Å²) in [5.74, 6) is 1.16.